The molecule has 1 aromatic rings. The number of hydrogen-bond donors (Lipinski definition) is 2. The first-order valence-corrected chi connectivity index (χ1v) is 9.79. The van der Waals surface area contributed by atoms with E-state index in [1.54, 1.807) is 17.5 Å². The maximum Gasteiger partial charge on any atom is 0.404 e. The lowest BCUT2D eigenvalue weighted by atomic mass is 9.98. The molecule has 0 saturated carbocycles. The first-order chi connectivity index (χ1) is 13.2. The predicted molar refractivity (Wildman–Crippen MR) is 100 cm³/mol. The fourth-order valence-corrected chi connectivity index (χ4v) is 5.46. The van der Waals surface area contributed by atoms with E-state index in [0.717, 1.165) is 11.8 Å². The van der Waals surface area contributed by atoms with Gasteiger partial charge in [-0.15, -0.1) is 23.1 Å². The molecular weight excluding hydrogens is 410 g/mol. The van der Waals surface area contributed by atoms with Crippen LogP contribution in [0.4, 0.5) is 9.80 Å². The van der Waals surface area contributed by atoms with Crippen LogP contribution in [-0.4, -0.2) is 63.9 Å². The van der Waals surface area contributed by atoms with E-state index in [1.165, 1.54) is 41.4 Å². The normalized spacial score (nSPS) is 26.0. The molecular formula is C16H17N3O7S2. The van der Waals surface area contributed by atoms with Crippen molar-refractivity contribution in [1.82, 2.24) is 4.90 Å². The minimum atomic E-state index is -1.68. The molecule has 10 nitrogen and oxygen atoms in total. The number of nitrogens with two attached hydrogens (primary N) is 1. The molecule has 12 heteroatoms. The number of aliphatic carboxylic acids is 1. The Hall–Kier alpha value is -2.57. The molecule has 1 aromatic heterocycles. The molecule has 2 aliphatic rings. The maximum atomic E-state index is 13.0. The van der Waals surface area contributed by atoms with Gasteiger partial charge in [-0.25, -0.2) is 4.79 Å². The van der Waals surface area contributed by atoms with E-state index >= 15 is 0 Å². The second-order valence-corrected chi connectivity index (χ2v) is 8.05. The van der Waals surface area contributed by atoms with Gasteiger partial charge >= 0.3 is 12.1 Å². The molecule has 2 aliphatic heterocycles. The number of fused-ring (bicyclic) bond motifs is 1. The standard InChI is InChI=1S/C16H17N3O7S2/c1-8(20)19(10-4-3-5-27-10)16(25-2)13(23)18-6-9(7-26-15(17)24)11(12(21)22)28-14(16)18/h3-6,11,14H,7H2,1-2H3,(H2,17,24)(H,21,22)/t11?,14-,16?/m1/s1. The van der Waals surface area contributed by atoms with E-state index in [2.05, 4.69) is 4.74 Å². The molecule has 2 unspecified atom stereocenters. The number of carboxylic acids is 1. The third kappa shape index (κ3) is 3.02. The Labute approximate surface area is 167 Å². The number of anilines is 1. The quantitative estimate of drug-likeness (QED) is 0.502. The van der Waals surface area contributed by atoms with Crippen molar-refractivity contribution in [3.8, 4) is 0 Å². The second-order valence-electron chi connectivity index (χ2n) is 5.94. The summed E-state index contributed by atoms with van der Waals surface area (Å²) in [5.74, 6) is -2.13. The topological polar surface area (TPSA) is 139 Å². The zero-order valence-corrected chi connectivity index (χ0v) is 16.5. The molecule has 3 amide bonds. The van der Waals surface area contributed by atoms with Gasteiger partial charge in [0.1, 0.15) is 22.2 Å². The maximum absolute atomic E-state index is 13.0. The monoisotopic (exact) mass is 427 g/mol. The summed E-state index contributed by atoms with van der Waals surface area (Å²) in [5, 5.41) is 9.93. The highest BCUT2D eigenvalue weighted by Gasteiger charge is 2.69. The van der Waals surface area contributed by atoms with Crippen molar-refractivity contribution in [2.45, 2.75) is 23.3 Å². The predicted octanol–water partition coefficient (Wildman–Crippen LogP) is 0.791. The highest BCUT2D eigenvalue weighted by molar-refractivity contribution is 8.01. The molecule has 1 saturated heterocycles. The first-order valence-electron chi connectivity index (χ1n) is 7.97. The fraction of sp³-hybridized carbons (Fsp3) is 0.375. The lowest BCUT2D eigenvalue weighted by molar-refractivity contribution is -0.182. The second kappa shape index (κ2) is 7.45. The summed E-state index contributed by atoms with van der Waals surface area (Å²) in [7, 11) is 1.30. The van der Waals surface area contributed by atoms with E-state index in [0.29, 0.717) is 5.00 Å². The van der Waals surface area contributed by atoms with Crippen LogP contribution in [0.5, 0.6) is 0 Å². The van der Waals surface area contributed by atoms with Crippen molar-refractivity contribution < 1.29 is 33.8 Å². The van der Waals surface area contributed by atoms with Gasteiger partial charge in [-0.3, -0.25) is 24.2 Å². The molecule has 3 heterocycles. The highest BCUT2D eigenvalue weighted by Crippen LogP contribution is 2.51. The minimum absolute atomic E-state index is 0.191. The molecule has 0 aliphatic carbocycles. The summed E-state index contributed by atoms with van der Waals surface area (Å²) in [6, 6.07) is 3.40. The lowest BCUT2D eigenvalue weighted by Gasteiger charge is -2.58. The van der Waals surface area contributed by atoms with Crippen molar-refractivity contribution in [3.63, 3.8) is 0 Å². The number of methoxy groups -OCH3 is 1. The molecule has 0 spiro atoms. The van der Waals surface area contributed by atoms with Gasteiger partial charge in [0, 0.05) is 25.8 Å². The summed E-state index contributed by atoms with van der Waals surface area (Å²) in [6.45, 7) is 0.942. The van der Waals surface area contributed by atoms with Crippen LogP contribution in [-0.2, 0) is 23.9 Å². The summed E-state index contributed by atoms with van der Waals surface area (Å²) in [4.78, 5) is 50.5. The minimum Gasteiger partial charge on any atom is -0.480 e. The largest absolute Gasteiger partial charge is 0.480 e. The van der Waals surface area contributed by atoms with Gasteiger partial charge in [-0.1, -0.05) is 0 Å². The van der Waals surface area contributed by atoms with Gasteiger partial charge in [0.2, 0.25) is 5.91 Å². The smallest absolute Gasteiger partial charge is 0.404 e. The first kappa shape index (κ1) is 20.2. The van der Waals surface area contributed by atoms with Crippen LogP contribution in [0.25, 0.3) is 0 Å². The average molecular weight is 427 g/mol. The van der Waals surface area contributed by atoms with Gasteiger partial charge in [0.15, 0.2) is 0 Å². The number of amides is 3. The van der Waals surface area contributed by atoms with Crippen molar-refractivity contribution in [3.05, 3.63) is 29.3 Å². The Morgan fingerprint density at radius 2 is 2.14 bits per heavy atom. The summed E-state index contributed by atoms with van der Waals surface area (Å²) in [6.07, 6.45) is 0.258. The number of rotatable bonds is 6. The third-order valence-electron chi connectivity index (χ3n) is 4.33. The number of primary amides is 1. The fourth-order valence-electron chi connectivity index (χ4n) is 3.19. The number of nitrogens with zero attached hydrogens (tertiary/aromatic N) is 2. The zero-order valence-electron chi connectivity index (χ0n) is 14.9. The number of thioether (sulfide) groups is 1. The van der Waals surface area contributed by atoms with E-state index in [9.17, 15) is 24.3 Å². The van der Waals surface area contributed by atoms with Gasteiger partial charge < -0.3 is 20.3 Å². The number of β-lactam (4-membered cyclic amide) rings is 1. The number of carboxylic acid groups (broad SMARTS) is 1. The van der Waals surface area contributed by atoms with Crippen LogP contribution in [0.3, 0.4) is 0 Å². The van der Waals surface area contributed by atoms with Crippen LogP contribution in [0.15, 0.2) is 29.3 Å². The number of hydrogen-bond acceptors (Lipinski definition) is 8. The molecule has 1 fully saturated rings. The average Bonchev–Trinajstić information content (AvgIpc) is 3.16. The Balaban J connectivity index is 2.00. The van der Waals surface area contributed by atoms with Crippen molar-refractivity contribution >= 4 is 52.0 Å². The Kier molecular flexibility index (Phi) is 5.37. The van der Waals surface area contributed by atoms with Crippen LogP contribution in [0, 0.1) is 0 Å². The third-order valence-corrected chi connectivity index (χ3v) is 6.76. The van der Waals surface area contributed by atoms with Gasteiger partial charge in [0.25, 0.3) is 11.6 Å². The molecule has 28 heavy (non-hydrogen) atoms. The number of carbonyl (C=O) groups is 4. The molecule has 3 rings (SSSR count). The molecule has 0 aromatic carbocycles. The van der Waals surface area contributed by atoms with Crippen LogP contribution < -0.4 is 10.6 Å². The number of ether oxygens (including phenoxy) is 2. The van der Waals surface area contributed by atoms with Gasteiger partial charge in [-0.05, 0) is 17.5 Å². The molecule has 0 bridgehead atoms. The van der Waals surface area contributed by atoms with Crippen molar-refractivity contribution in [1.29, 1.82) is 0 Å². The van der Waals surface area contributed by atoms with E-state index < -0.39 is 40.2 Å². The van der Waals surface area contributed by atoms with Gasteiger partial charge in [0.05, 0.1) is 0 Å². The molecule has 3 N–H and O–H groups in total. The number of thiophene rings is 1. The van der Waals surface area contributed by atoms with Crippen LogP contribution in [0.1, 0.15) is 6.92 Å². The van der Waals surface area contributed by atoms with Crippen molar-refractivity contribution in [2.75, 3.05) is 18.6 Å². The van der Waals surface area contributed by atoms with Gasteiger partial charge in [-0.2, -0.15) is 0 Å². The summed E-state index contributed by atoms with van der Waals surface area (Å²) >= 11 is 2.17. The number of carbonyl (C=O) groups excluding carboxylic acids is 3. The summed E-state index contributed by atoms with van der Waals surface area (Å²) in [5.41, 5.74) is 3.45. The van der Waals surface area contributed by atoms with Crippen LogP contribution in [0.2, 0.25) is 0 Å². The van der Waals surface area contributed by atoms with Crippen LogP contribution >= 0.6 is 23.1 Å². The molecule has 3 atom stereocenters. The molecule has 150 valence electrons. The summed E-state index contributed by atoms with van der Waals surface area (Å²) < 4.78 is 10.2. The Morgan fingerprint density at radius 3 is 2.64 bits per heavy atom. The van der Waals surface area contributed by atoms with E-state index in [1.807, 2.05) is 0 Å². The van der Waals surface area contributed by atoms with Crippen molar-refractivity contribution in [2.24, 2.45) is 5.73 Å². The Morgan fingerprint density at radius 1 is 1.43 bits per heavy atom. The SMILES string of the molecule is COC1(N(C(C)=O)c2cccs2)C(=O)N2C=C(COC(N)=O)C(C(=O)O)S[C@@H]21. The van der Waals surface area contributed by atoms with E-state index in [-0.39, 0.29) is 12.2 Å². The lowest BCUT2D eigenvalue weighted by Crippen LogP contribution is -2.80. The highest BCUT2D eigenvalue weighted by atomic mass is 32.2. The Bertz CT molecular complexity index is 856. The van der Waals surface area contributed by atoms with E-state index in [4.69, 9.17) is 10.5 Å². The zero-order chi connectivity index (χ0) is 20.6. The molecule has 0 radical (unpaired) electrons.